The normalized spacial score (nSPS) is 17.2. The average molecular weight is 408 g/mol. The molecule has 1 aliphatic heterocycles. The quantitative estimate of drug-likeness (QED) is 0.637. The van der Waals surface area contributed by atoms with Gasteiger partial charge in [-0.3, -0.25) is 9.69 Å². The van der Waals surface area contributed by atoms with E-state index in [1.54, 1.807) is 23.5 Å². The second kappa shape index (κ2) is 9.20. The van der Waals surface area contributed by atoms with Crippen LogP contribution < -0.4 is 10.5 Å². The van der Waals surface area contributed by atoms with E-state index in [1.165, 1.54) is 12.8 Å². The minimum Gasteiger partial charge on any atom is -0.493 e. The molecule has 0 spiro atoms. The number of piperidine rings is 1. The minimum atomic E-state index is -0.410. The lowest BCUT2D eigenvalue weighted by Gasteiger charge is -2.32. The monoisotopic (exact) mass is 407 g/mol. The number of hydrogen-bond donors (Lipinski definition) is 1. The van der Waals surface area contributed by atoms with Crippen molar-refractivity contribution in [2.75, 3.05) is 19.7 Å². The van der Waals surface area contributed by atoms with E-state index in [4.69, 9.17) is 15.5 Å². The first-order valence-electron chi connectivity index (χ1n) is 9.92. The third-order valence-corrected chi connectivity index (χ3v) is 6.13. The lowest BCUT2D eigenvalue weighted by Crippen LogP contribution is -2.37. The molecule has 1 aliphatic rings. The van der Waals surface area contributed by atoms with Crippen LogP contribution in [0, 0.1) is 5.92 Å². The van der Waals surface area contributed by atoms with Crippen molar-refractivity contribution < 1.29 is 9.53 Å². The number of likely N-dealkylation sites (tertiary alicyclic amines) is 1. The SMILES string of the molecule is NC(=O)c1ccc(-c2nc(CN3CCCC(COc4ccccc4)C3)cs2)cc1. The molecular weight excluding hydrogens is 382 g/mol. The Balaban J connectivity index is 1.32. The van der Waals surface area contributed by atoms with Crippen molar-refractivity contribution in [1.82, 2.24) is 9.88 Å². The van der Waals surface area contributed by atoms with Gasteiger partial charge in [-0.25, -0.2) is 4.98 Å². The number of para-hydroxylation sites is 1. The van der Waals surface area contributed by atoms with Gasteiger partial charge in [-0.05, 0) is 43.7 Å². The number of nitrogens with zero attached hydrogens (tertiary/aromatic N) is 2. The Bertz CT molecular complexity index is 940. The van der Waals surface area contributed by atoms with Crippen molar-refractivity contribution in [2.24, 2.45) is 11.7 Å². The van der Waals surface area contributed by atoms with E-state index in [0.717, 1.165) is 48.3 Å². The second-order valence-corrected chi connectivity index (χ2v) is 8.31. The Morgan fingerprint density at radius 2 is 1.97 bits per heavy atom. The highest BCUT2D eigenvalue weighted by Gasteiger charge is 2.21. The van der Waals surface area contributed by atoms with Gasteiger partial charge in [-0.2, -0.15) is 0 Å². The summed E-state index contributed by atoms with van der Waals surface area (Å²) in [6.07, 6.45) is 2.40. The highest BCUT2D eigenvalue weighted by atomic mass is 32.1. The molecule has 2 N–H and O–H groups in total. The van der Waals surface area contributed by atoms with Crippen molar-refractivity contribution in [3.05, 3.63) is 71.2 Å². The molecule has 4 rings (SSSR count). The number of carbonyl (C=O) groups is 1. The van der Waals surface area contributed by atoms with Gasteiger partial charge in [-0.15, -0.1) is 11.3 Å². The summed E-state index contributed by atoms with van der Waals surface area (Å²) >= 11 is 1.64. The van der Waals surface area contributed by atoms with Crippen LogP contribution in [0.4, 0.5) is 0 Å². The molecule has 1 saturated heterocycles. The number of carbonyl (C=O) groups excluding carboxylic acids is 1. The number of benzene rings is 2. The number of hydrogen-bond acceptors (Lipinski definition) is 5. The fourth-order valence-corrected chi connectivity index (χ4v) is 4.50. The molecule has 0 radical (unpaired) electrons. The van der Waals surface area contributed by atoms with Crippen LogP contribution >= 0.6 is 11.3 Å². The summed E-state index contributed by atoms with van der Waals surface area (Å²) in [6.45, 7) is 3.75. The number of aromatic nitrogens is 1. The van der Waals surface area contributed by atoms with Gasteiger partial charge < -0.3 is 10.5 Å². The first-order valence-corrected chi connectivity index (χ1v) is 10.8. The van der Waals surface area contributed by atoms with E-state index in [1.807, 2.05) is 42.5 Å². The molecule has 2 heterocycles. The molecule has 1 unspecified atom stereocenters. The second-order valence-electron chi connectivity index (χ2n) is 7.45. The summed E-state index contributed by atoms with van der Waals surface area (Å²) in [5.41, 5.74) is 7.93. The molecule has 1 amide bonds. The standard InChI is InChI=1S/C23H25N3O2S/c24-22(27)18-8-10-19(11-9-18)23-25-20(16-29-23)14-26-12-4-5-17(13-26)15-28-21-6-2-1-3-7-21/h1-3,6-11,16-17H,4-5,12-15H2,(H2,24,27). The van der Waals surface area contributed by atoms with Crippen LogP contribution in [0.25, 0.3) is 10.6 Å². The fraction of sp³-hybridized carbons (Fsp3) is 0.304. The van der Waals surface area contributed by atoms with E-state index in [-0.39, 0.29) is 0 Å². The van der Waals surface area contributed by atoms with Gasteiger partial charge in [0.15, 0.2) is 0 Å². The average Bonchev–Trinajstić information content (AvgIpc) is 3.22. The zero-order chi connectivity index (χ0) is 20.1. The maximum Gasteiger partial charge on any atom is 0.248 e. The molecule has 0 saturated carbocycles. The van der Waals surface area contributed by atoms with Gasteiger partial charge in [-0.1, -0.05) is 30.3 Å². The molecule has 5 nitrogen and oxygen atoms in total. The fourth-order valence-electron chi connectivity index (χ4n) is 3.68. The Morgan fingerprint density at radius 3 is 2.72 bits per heavy atom. The van der Waals surface area contributed by atoms with Crippen molar-refractivity contribution in [3.8, 4) is 16.3 Å². The molecule has 6 heteroatoms. The topological polar surface area (TPSA) is 68.5 Å². The van der Waals surface area contributed by atoms with Gasteiger partial charge >= 0.3 is 0 Å². The molecule has 150 valence electrons. The Hall–Kier alpha value is -2.70. The summed E-state index contributed by atoms with van der Waals surface area (Å²) in [5.74, 6) is 1.08. The van der Waals surface area contributed by atoms with Gasteiger partial charge in [0.05, 0.1) is 12.3 Å². The molecule has 0 bridgehead atoms. The smallest absolute Gasteiger partial charge is 0.248 e. The maximum atomic E-state index is 11.2. The maximum absolute atomic E-state index is 11.2. The van der Waals surface area contributed by atoms with Crippen LogP contribution in [0.5, 0.6) is 5.75 Å². The number of primary amides is 1. The molecule has 29 heavy (non-hydrogen) atoms. The van der Waals surface area contributed by atoms with Crippen molar-refractivity contribution in [3.63, 3.8) is 0 Å². The van der Waals surface area contributed by atoms with Crippen molar-refractivity contribution >= 4 is 17.2 Å². The summed E-state index contributed by atoms with van der Waals surface area (Å²) in [7, 11) is 0. The summed E-state index contributed by atoms with van der Waals surface area (Å²) < 4.78 is 5.96. The van der Waals surface area contributed by atoms with Crippen LogP contribution in [0.2, 0.25) is 0 Å². The highest BCUT2D eigenvalue weighted by molar-refractivity contribution is 7.13. The van der Waals surface area contributed by atoms with Crippen LogP contribution in [-0.2, 0) is 6.54 Å². The third kappa shape index (κ3) is 5.22. The lowest BCUT2D eigenvalue weighted by atomic mass is 9.99. The number of ether oxygens (including phenoxy) is 1. The first-order chi connectivity index (χ1) is 14.2. The summed E-state index contributed by atoms with van der Waals surface area (Å²) in [5, 5.41) is 3.10. The lowest BCUT2D eigenvalue weighted by molar-refractivity contribution is 0.100. The highest BCUT2D eigenvalue weighted by Crippen LogP contribution is 2.26. The van der Waals surface area contributed by atoms with Crippen LogP contribution in [0.1, 0.15) is 28.9 Å². The van der Waals surface area contributed by atoms with Crippen LogP contribution in [0.3, 0.4) is 0 Å². The van der Waals surface area contributed by atoms with Crippen molar-refractivity contribution in [1.29, 1.82) is 0 Å². The van der Waals surface area contributed by atoms with E-state index in [0.29, 0.717) is 11.5 Å². The third-order valence-electron chi connectivity index (χ3n) is 5.19. The van der Waals surface area contributed by atoms with E-state index in [9.17, 15) is 4.79 Å². The molecule has 2 aromatic carbocycles. The predicted molar refractivity (Wildman–Crippen MR) is 116 cm³/mol. The summed E-state index contributed by atoms with van der Waals surface area (Å²) in [4.78, 5) is 18.5. The van der Waals surface area contributed by atoms with Gasteiger partial charge in [0.1, 0.15) is 10.8 Å². The molecule has 1 fully saturated rings. The van der Waals surface area contributed by atoms with E-state index < -0.39 is 5.91 Å². The number of thiazole rings is 1. The predicted octanol–water partition coefficient (Wildman–Crippen LogP) is 4.20. The van der Waals surface area contributed by atoms with Crippen molar-refractivity contribution in [2.45, 2.75) is 19.4 Å². The molecule has 1 aromatic heterocycles. The molecule has 1 atom stereocenters. The first kappa shape index (κ1) is 19.6. The Labute approximate surface area is 175 Å². The molecule has 0 aliphatic carbocycles. The molecular formula is C23H25N3O2S. The van der Waals surface area contributed by atoms with Crippen LogP contribution in [0.15, 0.2) is 60.0 Å². The zero-order valence-electron chi connectivity index (χ0n) is 16.3. The number of nitrogens with two attached hydrogens (primary N) is 1. The largest absolute Gasteiger partial charge is 0.493 e. The van der Waals surface area contributed by atoms with Gasteiger partial charge in [0, 0.05) is 35.5 Å². The summed E-state index contributed by atoms with van der Waals surface area (Å²) in [6, 6.07) is 17.3. The molecule has 3 aromatic rings. The number of rotatable bonds is 7. The van der Waals surface area contributed by atoms with Gasteiger partial charge in [0.2, 0.25) is 5.91 Å². The van der Waals surface area contributed by atoms with Gasteiger partial charge in [0.25, 0.3) is 0 Å². The van der Waals surface area contributed by atoms with E-state index >= 15 is 0 Å². The zero-order valence-corrected chi connectivity index (χ0v) is 17.1. The van der Waals surface area contributed by atoms with Crippen LogP contribution in [-0.4, -0.2) is 35.5 Å². The Kier molecular flexibility index (Phi) is 6.22. The Morgan fingerprint density at radius 1 is 1.17 bits per heavy atom. The number of amides is 1. The van der Waals surface area contributed by atoms with E-state index in [2.05, 4.69) is 10.3 Å². The minimum absolute atomic E-state index is 0.410.